The molecular formula is C16H18N2O2S2. The van der Waals surface area contributed by atoms with Crippen molar-refractivity contribution in [3.8, 4) is 0 Å². The topological polar surface area (TPSA) is 63.4 Å². The fourth-order valence-electron chi connectivity index (χ4n) is 1.86. The van der Waals surface area contributed by atoms with Crippen LogP contribution in [0.4, 0.5) is 0 Å². The fourth-order valence-corrected chi connectivity index (χ4v) is 3.54. The van der Waals surface area contributed by atoms with E-state index in [0.717, 1.165) is 11.3 Å². The number of hydrogen-bond acceptors (Lipinski definition) is 4. The minimum atomic E-state index is -0.426. The van der Waals surface area contributed by atoms with Crippen molar-refractivity contribution >= 4 is 34.9 Å². The monoisotopic (exact) mass is 334 g/mol. The van der Waals surface area contributed by atoms with E-state index in [0.29, 0.717) is 17.9 Å². The second-order valence-electron chi connectivity index (χ2n) is 4.88. The van der Waals surface area contributed by atoms with Crippen molar-refractivity contribution < 1.29 is 9.59 Å². The van der Waals surface area contributed by atoms with Gasteiger partial charge in [0.15, 0.2) is 0 Å². The Morgan fingerprint density at radius 3 is 2.55 bits per heavy atom. The zero-order valence-electron chi connectivity index (χ0n) is 12.3. The Hall–Kier alpha value is -1.79. The van der Waals surface area contributed by atoms with Crippen LogP contribution in [-0.2, 0) is 17.1 Å². The van der Waals surface area contributed by atoms with Crippen molar-refractivity contribution in [3.63, 3.8) is 0 Å². The minimum absolute atomic E-state index is 0.118. The van der Waals surface area contributed by atoms with Crippen molar-refractivity contribution in [2.75, 3.05) is 12.8 Å². The SMILES string of the molecule is CN(Cc1cccs1)C(=O)CSCc1ccc(C(N)=O)cc1. The summed E-state index contributed by atoms with van der Waals surface area (Å²) in [6.45, 7) is 0.657. The van der Waals surface area contributed by atoms with Crippen LogP contribution in [0, 0.1) is 0 Å². The van der Waals surface area contributed by atoms with E-state index in [-0.39, 0.29) is 5.91 Å². The highest BCUT2D eigenvalue weighted by Gasteiger charge is 2.10. The van der Waals surface area contributed by atoms with Gasteiger partial charge in [-0.15, -0.1) is 23.1 Å². The van der Waals surface area contributed by atoms with E-state index in [9.17, 15) is 9.59 Å². The van der Waals surface area contributed by atoms with Crippen LogP contribution in [0.15, 0.2) is 41.8 Å². The van der Waals surface area contributed by atoms with E-state index in [4.69, 9.17) is 5.73 Å². The Bertz CT molecular complexity index is 624. The van der Waals surface area contributed by atoms with Gasteiger partial charge in [0, 0.05) is 23.2 Å². The van der Waals surface area contributed by atoms with Crippen molar-refractivity contribution in [2.24, 2.45) is 5.73 Å². The number of thiophene rings is 1. The summed E-state index contributed by atoms with van der Waals surface area (Å²) in [5, 5.41) is 2.01. The molecule has 1 heterocycles. The molecule has 6 heteroatoms. The predicted octanol–water partition coefficient (Wildman–Crippen LogP) is 2.74. The van der Waals surface area contributed by atoms with E-state index in [1.807, 2.05) is 36.7 Å². The maximum atomic E-state index is 12.1. The lowest BCUT2D eigenvalue weighted by molar-refractivity contribution is -0.127. The number of thioether (sulfide) groups is 1. The lowest BCUT2D eigenvalue weighted by Crippen LogP contribution is -2.27. The number of benzene rings is 1. The number of hydrogen-bond donors (Lipinski definition) is 1. The summed E-state index contributed by atoms with van der Waals surface area (Å²) in [7, 11) is 1.82. The molecular weight excluding hydrogens is 316 g/mol. The van der Waals surface area contributed by atoms with E-state index in [1.54, 1.807) is 40.1 Å². The molecule has 0 saturated heterocycles. The van der Waals surface area contributed by atoms with Crippen LogP contribution < -0.4 is 5.73 Å². The molecule has 0 bridgehead atoms. The van der Waals surface area contributed by atoms with Crippen LogP contribution in [0.1, 0.15) is 20.8 Å². The molecule has 2 amide bonds. The van der Waals surface area contributed by atoms with Crippen LogP contribution in [0.3, 0.4) is 0 Å². The van der Waals surface area contributed by atoms with Crippen LogP contribution in [-0.4, -0.2) is 29.5 Å². The van der Waals surface area contributed by atoms with Crippen LogP contribution in [0.5, 0.6) is 0 Å². The number of nitrogens with zero attached hydrogens (tertiary/aromatic N) is 1. The molecule has 22 heavy (non-hydrogen) atoms. The Labute approximate surface area is 138 Å². The first kappa shape index (κ1) is 16.6. The molecule has 1 aromatic carbocycles. The molecule has 0 radical (unpaired) electrons. The third-order valence-electron chi connectivity index (χ3n) is 3.13. The van der Waals surface area contributed by atoms with Gasteiger partial charge in [0.2, 0.25) is 11.8 Å². The zero-order chi connectivity index (χ0) is 15.9. The number of primary amides is 1. The van der Waals surface area contributed by atoms with E-state index >= 15 is 0 Å². The van der Waals surface area contributed by atoms with Crippen molar-refractivity contribution in [1.82, 2.24) is 4.90 Å². The number of carbonyl (C=O) groups excluding carboxylic acids is 2. The predicted molar refractivity (Wildman–Crippen MR) is 91.9 cm³/mol. The van der Waals surface area contributed by atoms with Gasteiger partial charge < -0.3 is 10.6 Å². The summed E-state index contributed by atoms with van der Waals surface area (Å²) in [6.07, 6.45) is 0. The number of carbonyl (C=O) groups is 2. The molecule has 0 aliphatic rings. The third kappa shape index (κ3) is 4.89. The van der Waals surface area contributed by atoms with Gasteiger partial charge in [0.05, 0.1) is 12.3 Å². The number of rotatable bonds is 7. The summed E-state index contributed by atoms with van der Waals surface area (Å²) in [5.74, 6) is 0.869. The van der Waals surface area contributed by atoms with Crippen molar-refractivity contribution in [3.05, 3.63) is 57.8 Å². The first-order valence-electron chi connectivity index (χ1n) is 6.79. The number of nitrogens with two attached hydrogens (primary N) is 1. The zero-order valence-corrected chi connectivity index (χ0v) is 14.0. The van der Waals surface area contributed by atoms with Gasteiger partial charge in [0.25, 0.3) is 0 Å². The van der Waals surface area contributed by atoms with Gasteiger partial charge in [0.1, 0.15) is 0 Å². The van der Waals surface area contributed by atoms with Gasteiger partial charge in [-0.2, -0.15) is 0 Å². The molecule has 0 unspecified atom stereocenters. The maximum absolute atomic E-state index is 12.1. The molecule has 0 aliphatic heterocycles. The first-order chi connectivity index (χ1) is 10.6. The van der Waals surface area contributed by atoms with Crippen LogP contribution in [0.2, 0.25) is 0 Å². The Morgan fingerprint density at radius 1 is 1.23 bits per heavy atom. The van der Waals surface area contributed by atoms with Crippen LogP contribution in [0.25, 0.3) is 0 Å². The Morgan fingerprint density at radius 2 is 1.95 bits per heavy atom. The second-order valence-corrected chi connectivity index (χ2v) is 6.90. The summed E-state index contributed by atoms with van der Waals surface area (Å²) in [6, 6.07) is 11.2. The standard InChI is InChI=1S/C16H18N2O2S2/c1-18(9-14-3-2-8-22-14)15(19)11-21-10-12-4-6-13(7-5-12)16(17)20/h2-8H,9-11H2,1H3,(H2,17,20). The molecule has 0 saturated carbocycles. The molecule has 2 N–H and O–H groups in total. The lowest BCUT2D eigenvalue weighted by atomic mass is 10.1. The highest BCUT2D eigenvalue weighted by Crippen LogP contribution is 2.15. The van der Waals surface area contributed by atoms with E-state index in [1.165, 1.54) is 4.88 Å². The molecule has 0 fully saturated rings. The summed E-state index contributed by atoms with van der Waals surface area (Å²) < 4.78 is 0. The fraction of sp³-hybridized carbons (Fsp3) is 0.250. The minimum Gasteiger partial charge on any atom is -0.366 e. The van der Waals surface area contributed by atoms with Crippen molar-refractivity contribution in [1.29, 1.82) is 0 Å². The van der Waals surface area contributed by atoms with E-state index in [2.05, 4.69) is 0 Å². The van der Waals surface area contributed by atoms with E-state index < -0.39 is 5.91 Å². The van der Waals surface area contributed by atoms with Crippen LogP contribution >= 0.6 is 23.1 Å². The third-order valence-corrected chi connectivity index (χ3v) is 4.98. The Kier molecular flexibility index (Phi) is 6.03. The Balaban J connectivity index is 1.75. The average molecular weight is 334 g/mol. The van der Waals surface area contributed by atoms with Gasteiger partial charge >= 0.3 is 0 Å². The normalized spacial score (nSPS) is 10.4. The van der Waals surface area contributed by atoms with Crippen molar-refractivity contribution in [2.45, 2.75) is 12.3 Å². The number of amides is 2. The van der Waals surface area contributed by atoms with Gasteiger partial charge in [-0.05, 0) is 29.1 Å². The summed E-state index contributed by atoms with van der Waals surface area (Å²) in [4.78, 5) is 26.0. The second kappa shape index (κ2) is 8.00. The molecule has 0 atom stereocenters. The average Bonchev–Trinajstić information content (AvgIpc) is 3.00. The quantitative estimate of drug-likeness (QED) is 0.847. The molecule has 0 spiro atoms. The highest BCUT2D eigenvalue weighted by atomic mass is 32.2. The molecule has 2 rings (SSSR count). The van der Waals surface area contributed by atoms with Gasteiger partial charge in [-0.3, -0.25) is 9.59 Å². The molecule has 0 aliphatic carbocycles. The first-order valence-corrected chi connectivity index (χ1v) is 8.82. The molecule has 1 aromatic heterocycles. The lowest BCUT2D eigenvalue weighted by Gasteiger charge is -2.15. The molecule has 116 valence electrons. The summed E-state index contributed by atoms with van der Waals surface area (Å²) >= 11 is 3.22. The molecule has 4 nitrogen and oxygen atoms in total. The molecule has 2 aromatic rings. The van der Waals surface area contributed by atoms with Gasteiger partial charge in [-0.1, -0.05) is 18.2 Å². The smallest absolute Gasteiger partial charge is 0.248 e. The highest BCUT2D eigenvalue weighted by molar-refractivity contribution is 7.99. The summed E-state index contributed by atoms with van der Waals surface area (Å²) in [5.41, 5.74) is 6.77. The maximum Gasteiger partial charge on any atom is 0.248 e. The van der Waals surface area contributed by atoms with Gasteiger partial charge in [-0.25, -0.2) is 0 Å². The largest absolute Gasteiger partial charge is 0.366 e.